The highest BCUT2D eigenvalue weighted by molar-refractivity contribution is 6.31. The van der Waals surface area contributed by atoms with Crippen LogP contribution in [0.1, 0.15) is 6.92 Å². The third kappa shape index (κ3) is 4.36. The predicted octanol–water partition coefficient (Wildman–Crippen LogP) is 2.24. The molecule has 2 N–H and O–H groups in total. The van der Waals surface area contributed by atoms with E-state index in [-0.39, 0.29) is 5.69 Å². The molecule has 0 saturated carbocycles. The number of amides is 3. The maximum absolute atomic E-state index is 12.8. The molecule has 0 aliphatic rings. The molecule has 0 aromatic heterocycles. The van der Waals surface area contributed by atoms with Crippen LogP contribution < -0.4 is 10.6 Å². The second-order valence-electron chi connectivity index (χ2n) is 3.22. The summed E-state index contributed by atoms with van der Waals surface area (Å²) in [5, 5.41) is 3.12. The molecule has 4 nitrogen and oxygen atoms in total. The monoisotopic (exact) mass is 262 g/mol. The van der Waals surface area contributed by atoms with Gasteiger partial charge in [-0.05, 0) is 19.1 Å². The Morgan fingerprint density at radius 1 is 1.24 bits per heavy atom. The van der Waals surface area contributed by atoms with Gasteiger partial charge in [-0.2, -0.15) is 0 Å². The molecule has 92 valence electrons. The van der Waals surface area contributed by atoms with Gasteiger partial charge in [-0.1, -0.05) is 0 Å². The van der Waals surface area contributed by atoms with E-state index < -0.39 is 28.9 Å². The van der Waals surface area contributed by atoms with Gasteiger partial charge in [-0.15, -0.1) is 11.6 Å². The lowest BCUT2D eigenvalue weighted by molar-refractivity contribution is -0.119. The molecule has 0 fully saturated rings. The van der Waals surface area contributed by atoms with Gasteiger partial charge in [0.2, 0.25) is 5.91 Å². The van der Waals surface area contributed by atoms with E-state index in [2.05, 4.69) is 5.32 Å². The second kappa shape index (κ2) is 5.58. The lowest BCUT2D eigenvalue weighted by Gasteiger charge is -2.07. The Kier molecular flexibility index (Phi) is 4.39. The van der Waals surface area contributed by atoms with Crippen molar-refractivity contribution in [1.29, 1.82) is 0 Å². The van der Waals surface area contributed by atoms with Gasteiger partial charge in [0, 0.05) is 11.8 Å². The van der Waals surface area contributed by atoms with Crippen molar-refractivity contribution < 1.29 is 18.4 Å². The van der Waals surface area contributed by atoms with Crippen molar-refractivity contribution in [2.45, 2.75) is 12.3 Å². The highest BCUT2D eigenvalue weighted by atomic mass is 35.5. The molecule has 7 heteroatoms. The average Bonchev–Trinajstić information content (AvgIpc) is 2.14. The van der Waals surface area contributed by atoms with Gasteiger partial charge in [0.25, 0.3) is 0 Å². The first-order valence-electron chi connectivity index (χ1n) is 4.60. The molecule has 0 saturated heterocycles. The Hall–Kier alpha value is -1.69. The zero-order chi connectivity index (χ0) is 13.0. The van der Waals surface area contributed by atoms with Crippen LogP contribution in [0.2, 0.25) is 0 Å². The summed E-state index contributed by atoms with van der Waals surface area (Å²) in [6.07, 6.45) is 0. The first kappa shape index (κ1) is 13.4. The molecular weight excluding hydrogens is 254 g/mol. The zero-order valence-corrected chi connectivity index (χ0v) is 9.52. The number of alkyl halides is 1. The second-order valence-corrected chi connectivity index (χ2v) is 3.87. The summed E-state index contributed by atoms with van der Waals surface area (Å²) in [6.45, 7) is 1.38. The van der Waals surface area contributed by atoms with E-state index in [0.717, 1.165) is 12.1 Å². The van der Waals surface area contributed by atoms with Crippen LogP contribution in [0.3, 0.4) is 0 Å². The highest BCUT2D eigenvalue weighted by Gasteiger charge is 2.13. The number of anilines is 1. The summed E-state index contributed by atoms with van der Waals surface area (Å²) in [7, 11) is 0. The number of imide groups is 1. The summed E-state index contributed by atoms with van der Waals surface area (Å²) >= 11 is 5.41. The van der Waals surface area contributed by atoms with Crippen LogP contribution in [0.25, 0.3) is 0 Å². The summed E-state index contributed by atoms with van der Waals surface area (Å²) in [5.41, 5.74) is -0.102. The molecule has 1 atom stereocenters. The Morgan fingerprint density at radius 2 is 1.76 bits per heavy atom. The molecule has 1 rings (SSSR count). The molecule has 1 aromatic rings. The Balaban J connectivity index is 2.65. The van der Waals surface area contributed by atoms with Crippen LogP contribution in [0.5, 0.6) is 0 Å². The fraction of sp³-hybridized carbons (Fsp3) is 0.200. The minimum absolute atomic E-state index is 0.102. The van der Waals surface area contributed by atoms with Gasteiger partial charge in [0.05, 0.1) is 0 Å². The van der Waals surface area contributed by atoms with Crippen LogP contribution in [0.4, 0.5) is 19.3 Å². The highest BCUT2D eigenvalue weighted by Crippen LogP contribution is 2.12. The van der Waals surface area contributed by atoms with Crippen LogP contribution >= 0.6 is 11.6 Å². The molecule has 0 bridgehead atoms. The van der Waals surface area contributed by atoms with E-state index in [1.807, 2.05) is 5.32 Å². The topological polar surface area (TPSA) is 58.2 Å². The maximum Gasteiger partial charge on any atom is 0.325 e. The van der Waals surface area contributed by atoms with Gasteiger partial charge in [0.1, 0.15) is 17.0 Å². The number of rotatable bonds is 2. The minimum atomic E-state index is -0.910. The van der Waals surface area contributed by atoms with E-state index in [0.29, 0.717) is 6.07 Å². The standard InChI is InChI=1S/C10H9ClF2N2O2/c1-5(11)9(16)15-10(17)14-8-3-6(12)2-7(13)4-8/h2-5H,1H3,(H2,14,15,16,17). The van der Waals surface area contributed by atoms with Crippen molar-refractivity contribution in [3.05, 3.63) is 29.8 Å². The lowest BCUT2D eigenvalue weighted by Crippen LogP contribution is -2.38. The van der Waals surface area contributed by atoms with Gasteiger partial charge in [-0.25, -0.2) is 13.6 Å². The van der Waals surface area contributed by atoms with Crippen molar-refractivity contribution in [3.63, 3.8) is 0 Å². The first-order chi connectivity index (χ1) is 7.88. The molecule has 1 unspecified atom stereocenters. The SMILES string of the molecule is CC(Cl)C(=O)NC(=O)Nc1cc(F)cc(F)c1. The van der Waals surface area contributed by atoms with Gasteiger partial charge < -0.3 is 5.32 Å². The maximum atomic E-state index is 12.8. The summed E-state index contributed by atoms with van der Waals surface area (Å²) in [6, 6.07) is 1.58. The van der Waals surface area contributed by atoms with Crippen LogP contribution in [0.15, 0.2) is 18.2 Å². The lowest BCUT2D eigenvalue weighted by atomic mass is 10.3. The number of urea groups is 1. The number of carbonyl (C=O) groups is 2. The summed E-state index contributed by atoms with van der Waals surface area (Å²) in [4.78, 5) is 22.2. The van der Waals surface area contributed by atoms with E-state index in [1.165, 1.54) is 6.92 Å². The van der Waals surface area contributed by atoms with Crippen LogP contribution in [-0.4, -0.2) is 17.3 Å². The molecule has 3 amide bonds. The molecule has 17 heavy (non-hydrogen) atoms. The Bertz CT molecular complexity index is 432. The number of carbonyl (C=O) groups excluding carboxylic acids is 2. The number of hydrogen-bond donors (Lipinski definition) is 2. The number of nitrogens with one attached hydrogen (secondary N) is 2. The Labute approximate surface area is 101 Å². The van der Waals surface area contributed by atoms with Crippen molar-refractivity contribution >= 4 is 29.2 Å². The molecule has 0 spiro atoms. The Morgan fingerprint density at radius 3 is 2.24 bits per heavy atom. The quantitative estimate of drug-likeness (QED) is 0.803. The van der Waals surface area contributed by atoms with Crippen molar-refractivity contribution in [3.8, 4) is 0 Å². The van der Waals surface area contributed by atoms with Gasteiger partial charge in [-0.3, -0.25) is 10.1 Å². The minimum Gasteiger partial charge on any atom is -0.307 e. The molecular formula is C10H9ClF2N2O2. The van der Waals surface area contributed by atoms with Gasteiger partial charge >= 0.3 is 6.03 Å². The fourth-order valence-electron chi connectivity index (χ4n) is 1.000. The van der Waals surface area contributed by atoms with E-state index in [9.17, 15) is 18.4 Å². The van der Waals surface area contributed by atoms with E-state index in [1.54, 1.807) is 0 Å². The molecule has 0 aliphatic heterocycles. The summed E-state index contributed by atoms with van der Waals surface area (Å²) in [5.74, 6) is -2.38. The third-order valence-electron chi connectivity index (χ3n) is 1.72. The third-order valence-corrected chi connectivity index (χ3v) is 1.92. The normalized spacial score (nSPS) is 11.8. The van der Waals surface area contributed by atoms with Crippen LogP contribution in [-0.2, 0) is 4.79 Å². The molecule has 0 heterocycles. The van der Waals surface area contributed by atoms with Crippen molar-refractivity contribution in [1.82, 2.24) is 5.32 Å². The van der Waals surface area contributed by atoms with Crippen molar-refractivity contribution in [2.75, 3.05) is 5.32 Å². The molecule has 0 radical (unpaired) electrons. The number of halogens is 3. The average molecular weight is 263 g/mol. The largest absolute Gasteiger partial charge is 0.325 e. The zero-order valence-electron chi connectivity index (χ0n) is 8.76. The number of hydrogen-bond acceptors (Lipinski definition) is 2. The van der Waals surface area contributed by atoms with Crippen LogP contribution in [0, 0.1) is 11.6 Å². The van der Waals surface area contributed by atoms with E-state index >= 15 is 0 Å². The first-order valence-corrected chi connectivity index (χ1v) is 5.04. The van der Waals surface area contributed by atoms with E-state index in [4.69, 9.17) is 11.6 Å². The smallest absolute Gasteiger partial charge is 0.307 e. The summed E-state index contributed by atoms with van der Waals surface area (Å²) < 4.78 is 25.5. The fourth-order valence-corrected chi connectivity index (χ4v) is 1.05. The van der Waals surface area contributed by atoms with Gasteiger partial charge in [0.15, 0.2) is 0 Å². The molecule has 0 aliphatic carbocycles. The van der Waals surface area contributed by atoms with Crippen molar-refractivity contribution in [2.24, 2.45) is 0 Å². The molecule has 1 aromatic carbocycles. The predicted molar refractivity (Wildman–Crippen MR) is 58.8 cm³/mol. The number of benzene rings is 1.